The molecule has 0 spiro atoms. The zero-order valence-corrected chi connectivity index (χ0v) is 26.2. The number of thiazole rings is 1. The number of aliphatic hydroxyl groups excluding tert-OH is 1. The van der Waals surface area contributed by atoms with E-state index < -0.39 is 47.6 Å². The van der Waals surface area contributed by atoms with Crippen molar-refractivity contribution in [2.75, 3.05) is 13.6 Å². The second-order valence-electron chi connectivity index (χ2n) is 12.5. The van der Waals surface area contributed by atoms with Gasteiger partial charge in [0.2, 0.25) is 17.6 Å². The zero-order chi connectivity index (χ0) is 31.5. The number of nitrogens with one attached hydrogen (secondary N) is 1. The molecule has 234 valence electrons. The lowest BCUT2D eigenvalue weighted by atomic mass is 9.83. The number of rotatable bonds is 8. The lowest BCUT2D eigenvalue weighted by molar-refractivity contribution is -0.140. The normalized spacial score (nSPS) is 20.8. The van der Waals surface area contributed by atoms with Crippen LogP contribution in [0.5, 0.6) is 0 Å². The third kappa shape index (κ3) is 7.97. The molecule has 0 bridgehead atoms. The van der Waals surface area contributed by atoms with E-state index in [1.807, 2.05) is 0 Å². The first-order valence-corrected chi connectivity index (χ1v) is 15.6. The molecule has 2 aliphatic rings. The van der Waals surface area contributed by atoms with Crippen LogP contribution in [-0.4, -0.2) is 81.0 Å². The second-order valence-corrected chi connectivity index (χ2v) is 13.3. The maximum Gasteiger partial charge on any atom is 0.410 e. The Morgan fingerprint density at radius 3 is 2.42 bits per heavy atom. The maximum absolute atomic E-state index is 14.2. The fourth-order valence-corrected chi connectivity index (χ4v) is 6.48. The number of likely N-dealkylation sites (tertiary alicyclic amines) is 1. The average Bonchev–Trinajstić information content (AvgIpc) is 3.61. The molecule has 4 atom stereocenters. The van der Waals surface area contributed by atoms with Gasteiger partial charge in [0.05, 0.1) is 12.1 Å². The highest BCUT2D eigenvalue weighted by molar-refractivity contribution is 7.10. The largest absolute Gasteiger partial charge is 0.444 e. The molecule has 12 heteroatoms. The number of halogens is 1. The van der Waals surface area contributed by atoms with E-state index >= 15 is 0 Å². The van der Waals surface area contributed by atoms with Crippen molar-refractivity contribution in [3.8, 4) is 0 Å². The summed E-state index contributed by atoms with van der Waals surface area (Å²) in [6.07, 6.45) is 3.26. The van der Waals surface area contributed by atoms with E-state index in [-0.39, 0.29) is 36.3 Å². The Kier molecular flexibility index (Phi) is 10.2. The van der Waals surface area contributed by atoms with Gasteiger partial charge in [0.25, 0.3) is 0 Å². The van der Waals surface area contributed by atoms with Gasteiger partial charge in [-0.1, -0.05) is 19.3 Å². The van der Waals surface area contributed by atoms with Crippen molar-refractivity contribution in [2.24, 2.45) is 5.92 Å². The Morgan fingerprint density at radius 2 is 1.79 bits per heavy atom. The highest BCUT2D eigenvalue weighted by Crippen LogP contribution is 2.37. The summed E-state index contributed by atoms with van der Waals surface area (Å²) in [5.41, 5.74) is -0.257. The molecule has 2 N–H and O–H groups in total. The zero-order valence-electron chi connectivity index (χ0n) is 25.3. The Labute approximate surface area is 255 Å². The molecular weight excluding hydrogens is 575 g/mol. The summed E-state index contributed by atoms with van der Waals surface area (Å²) in [4.78, 5) is 60.4. The van der Waals surface area contributed by atoms with Gasteiger partial charge < -0.3 is 20.1 Å². The molecule has 4 rings (SSSR count). The molecule has 2 fully saturated rings. The van der Waals surface area contributed by atoms with Crippen LogP contribution in [0.15, 0.2) is 29.6 Å². The van der Waals surface area contributed by atoms with E-state index in [0.29, 0.717) is 10.6 Å². The van der Waals surface area contributed by atoms with Crippen LogP contribution in [-0.2, 0) is 14.3 Å². The minimum absolute atomic E-state index is 0.0662. The average molecular weight is 617 g/mol. The monoisotopic (exact) mass is 616 g/mol. The van der Waals surface area contributed by atoms with Crippen molar-refractivity contribution in [1.82, 2.24) is 20.1 Å². The number of nitrogens with zero attached hydrogens (tertiary/aromatic N) is 3. The molecular formula is C31H41FN4O6S. The van der Waals surface area contributed by atoms with Crippen LogP contribution in [0.1, 0.15) is 93.3 Å². The number of ether oxygens (including phenoxy) is 1. The number of β-amino-alcohol motifs (C(OH)–C–C–N with tert-alkyl or cyclic N) is 1. The van der Waals surface area contributed by atoms with Crippen molar-refractivity contribution in [3.05, 3.63) is 51.7 Å². The molecule has 0 unspecified atom stereocenters. The third-order valence-electron chi connectivity index (χ3n) is 8.04. The summed E-state index contributed by atoms with van der Waals surface area (Å²) in [6, 6.07) is 2.88. The third-order valence-corrected chi connectivity index (χ3v) is 8.98. The van der Waals surface area contributed by atoms with Gasteiger partial charge in [-0.25, -0.2) is 14.2 Å². The second kappa shape index (κ2) is 13.5. The molecule has 1 saturated carbocycles. The van der Waals surface area contributed by atoms with Crippen molar-refractivity contribution in [1.29, 1.82) is 0 Å². The molecule has 3 amide bonds. The Morgan fingerprint density at radius 1 is 1.14 bits per heavy atom. The van der Waals surface area contributed by atoms with E-state index in [1.54, 1.807) is 38.0 Å². The highest BCUT2D eigenvalue weighted by Gasteiger charge is 2.43. The van der Waals surface area contributed by atoms with Crippen LogP contribution in [0.4, 0.5) is 9.18 Å². The van der Waals surface area contributed by atoms with Crippen LogP contribution >= 0.6 is 11.3 Å². The van der Waals surface area contributed by atoms with Gasteiger partial charge in [0.15, 0.2) is 0 Å². The van der Waals surface area contributed by atoms with Gasteiger partial charge >= 0.3 is 6.09 Å². The number of aliphatic hydroxyl groups is 1. The van der Waals surface area contributed by atoms with Gasteiger partial charge in [0, 0.05) is 31.0 Å². The van der Waals surface area contributed by atoms with Crippen molar-refractivity contribution >= 4 is 35.0 Å². The number of ketones is 1. The van der Waals surface area contributed by atoms with E-state index in [2.05, 4.69) is 10.3 Å². The summed E-state index contributed by atoms with van der Waals surface area (Å²) in [5.74, 6) is -1.72. The first-order valence-electron chi connectivity index (χ1n) is 14.8. The summed E-state index contributed by atoms with van der Waals surface area (Å²) in [6.45, 7) is 6.88. The van der Waals surface area contributed by atoms with Crippen molar-refractivity contribution in [3.63, 3.8) is 0 Å². The van der Waals surface area contributed by atoms with Crippen molar-refractivity contribution < 1.29 is 33.4 Å². The van der Waals surface area contributed by atoms with Crippen molar-refractivity contribution in [2.45, 2.75) is 96.1 Å². The van der Waals surface area contributed by atoms with Gasteiger partial charge in [-0.3, -0.25) is 19.3 Å². The molecule has 1 aromatic carbocycles. The number of likely N-dealkylation sites (N-methyl/N-ethyl adjacent to an activating group) is 1. The van der Waals surface area contributed by atoms with Crippen LogP contribution < -0.4 is 5.32 Å². The summed E-state index contributed by atoms with van der Waals surface area (Å²) < 4.78 is 18.7. The van der Waals surface area contributed by atoms with E-state index in [0.717, 1.165) is 32.1 Å². The number of carbonyl (C=O) groups is 4. The number of hydrogen-bond acceptors (Lipinski definition) is 8. The smallest absolute Gasteiger partial charge is 0.410 e. The van der Waals surface area contributed by atoms with E-state index in [4.69, 9.17) is 4.74 Å². The van der Waals surface area contributed by atoms with Gasteiger partial charge in [-0.15, -0.1) is 11.3 Å². The highest BCUT2D eigenvalue weighted by atomic mass is 32.1. The van der Waals surface area contributed by atoms with Gasteiger partial charge in [-0.05, 0) is 70.7 Å². The lowest BCUT2D eigenvalue weighted by Gasteiger charge is -2.36. The molecule has 1 aliphatic heterocycles. The fourth-order valence-electron chi connectivity index (χ4n) is 5.55. The summed E-state index contributed by atoms with van der Waals surface area (Å²) in [5, 5.41) is 15.7. The Bertz CT molecular complexity index is 1320. The quantitative estimate of drug-likeness (QED) is 0.419. The summed E-state index contributed by atoms with van der Waals surface area (Å²) in [7, 11) is 1.48. The van der Waals surface area contributed by atoms with Crippen LogP contribution in [0.3, 0.4) is 0 Å². The summed E-state index contributed by atoms with van der Waals surface area (Å²) >= 11 is 1.22. The maximum atomic E-state index is 14.2. The molecule has 10 nitrogen and oxygen atoms in total. The van der Waals surface area contributed by atoms with E-state index in [9.17, 15) is 28.7 Å². The van der Waals surface area contributed by atoms with E-state index in [1.165, 1.54) is 47.5 Å². The molecule has 1 aromatic heterocycles. The van der Waals surface area contributed by atoms with Crippen LogP contribution in [0.25, 0.3) is 0 Å². The predicted octanol–water partition coefficient (Wildman–Crippen LogP) is 4.47. The number of amides is 3. The number of benzene rings is 1. The molecule has 1 saturated heterocycles. The minimum Gasteiger partial charge on any atom is -0.444 e. The fraction of sp³-hybridized carbons (Fsp3) is 0.581. The van der Waals surface area contributed by atoms with Crippen LogP contribution in [0, 0.1) is 11.7 Å². The molecule has 2 aromatic rings. The standard InChI is InChI=1S/C31H41FN4O6S/c1-18(35(5)30(41)42-31(2,3)4)27(39)34-25(19-9-7-6-8-10-19)29(40)36-16-22(37)15-24(36)28-33-23(17-43-28)26(38)20-11-13-21(32)14-12-20/h11-14,17-19,22,24-25,37H,6-10,15-16H2,1-5H3,(H,34,39)/t18-,22+,24-,25-/m0/s1. The first kappa shape index (κ1) is 32.5. The lowest BCUT2D eigenvalue weighted by Crippen LogP contribution is -2.57. The number of aromatic nitrogens is 1. The topological polar surface area (TPSA) is 129 Å². The molecule has 0 radical (unpaired) electrons. The predicted molar refractivity (Wildman–Crippen MR) is 159 cm³/mol. The molecule has 1 aliphatic carbocycles. The number of carbonyl (C=O) groups excluding carboxylic acids is 4. The Hall–Kier alpha value is -3.38. The Balaban J connectivity index is 1.54. The minimum atomic E-state index is -0.896. The molecule has 43 heavy (non-hydrogen) atoms. The van der Waals surface area contributed by atoms with Gasteiger partial charge in [0.1, 0.15) is 34.2 Å². The molecule has 2 heterocycles. The SMILES string of the molecule is C[C@@H](C(=O)N[C@H](C(=O)N1C[C@H](O)C[C@H]1c1nc(C(=O)c2ccc(F)cc2)cs1)C1CCCCC1)N(C)C(=O)OC(C)(C)C. The van der Waals surface area contributed by atoms with Gasteiger partial charge in [-0.2, -0.15) is 0 Å². The van der Waals surface area contributed by atoms with Crippen LogP contribution in [0.2, 0.25) is 0 Å². The first-order chi connectivity index (χ1) is 20.2. The number of hydrogen-bond donors (Lipinski definition) is 2.